The Morgan fingerprint density at radius 3 is 2.21 bits per heavy atom. The van der Waals surface area contributed by atoms with Gasteiger partial charge >= 0.3 is 0 Å². The van der Waals surface area contributed by atoms with Crippen LogP contribution in [0.15, 0.2) is 0 Å². The highest BCUT2D eigenvalue weighted by Crippen LogP contribution is 2.60. The Hall–Kier alpha value is -0.970. The summed E-state index contributed by atoms with van der Waals surface area (Å²) in [6.45, 7) is 0.808. The third-order valence-corrected chi connectivity index (χ3v) is 5.55. The minimum Gasteiger partial charge on any atom is -0.356 e. The summed E-state index contributed by atoms with van der Waals surface area (Å²) in [7, 11) is 0. The normalized spacial score (nSPS) is 39.0. The summed E-state index contributed by atoms with van der Waals surface area (Å²) in [4.78, 5) is 12.6. The van der Waals surface area contributed by atoms with Crippen molar-refractivity contribution >= 4 is 5.91 Å². The van der Waals surface area contributed by atoms with E-state index in [1.54, 1.807) is 0 Å². The number of unbranched alkanes of at least 4 members (excludes halogenated alkanes) is 2. The lowest BCUT2D eigenvalue weighted by molar-refractivity contribution is -0.146. The van der Waals surface area contributed by atoms with Crippen LogP contribution < -0.4 is 5.32 Å². The van der Waals surface area contributed by atoms with Crippen LogP contribution in [0.2, 0.25) is 0 Å². The Morgan fingerprint density at radius 2 is 1.68 bits per heavy atom. The summed E-state index contributed by atoms with van der Waals surface area (Å²) in [5.41, 5.74) is 0.0147. The number of amides is 1. The maximum absolute atomic E-state index is 12.6. The summed E-state index contributed by atoms with van der Waals surface area (Å²) in [6, 6.07) is 0. The Labute approximate surface area is 116 Å². The van der Waals surface area contributed by atoms with Crippen LogP contribution in [0.3, 0.4) is 0 Å². The maximum Gasteiger partial charge on any atom is 0.226 e. The SMILES string of the molecule is C#CCCCCNC(=O)C12CC3CC(CC(C3)C1)C2. The van der Waals surface area contributed by atoms with Crippen molar-refractivity contribution < 1.29 is 4.79 Å². The van der Waals surface area contributed by atoms with E-state index >= 15 is 0 Å². The minimum absolute atomic E-state index is 0.0147. The zero-order valence-corrected chi connectivity index (χ0v) is 11.8. The fourth-order valence-corrected chi connectivity index (χ4v) is 5.13. The lowest BCUT2D eigenvalue weighted by atomic mass is 9.49. The Bertz CT molecular complexity index is 357. The molecule has 0 unspecified atom stereocenters. The van der Waals surface area contributed by atoms with E-state index in [4.69, 9.17) is 6.42 Å². The van der Waals surface area contributed by atoms with Crippen LogP contribution in [0.25, 0.3) is 0 Å². The lowest BCUT2D eigenvalue weighted by Gasteiger charge is -2.55. The highest BCUT2D eigenvalue weighted by Gasteiger charge is 2.54. The first-order chi connectivity index (χ1) is 9.22. The zero-order valence-electron chi connectivity index (χ0n) is 11.8. The number of hydrogen-bond acceptors (Lipinski definition) is 1. The first-order valence-corrected chi connectivity index (χ1v) is 7.93. The molecule has 0 aromatic rings. The summed E-state index contributed by atoms with van der Waals surface area (Å²) >= 11 is 0. The molecule has 0 heterocycles. The summed E-state index contributed by atoms with van der Waals surface area (Å²) < 4.78 is 0. The average molecular weight is 259 g/mol. The second-order valence-corrected chi connectivity index (χ2v) is 7.12. The van der Waals surface area contributed by atoms with Gasteiger partial charge in [-0.3, -0.25) is 4.79 Å². The van der Waals surface area contributed by atoms with Crippen molar-refractivity contribution in [3.05, 3.63) is 0 Å². The van der Waals surface area contributed by atoms with Gasteiger partial charge in [0.15, 0.2) is 0 Å². The van der Waals surface area contributed by atoms with Crippen LogP contribution >= 0.6 is 0 Å². The molecule has 0 spiro atoms. The Balaban J connectivity index is 1.53. The van der Waals surface area contributed by atoms with E-state index in [2.05, 4.69) is 11.2 Å². The van der Waals surface area contributed by atoms with Crippen molar-refractivity contribution in [2.75, 3.05) is 6.54 Å². The molecule has 19 heavy (non-hydrogen) atoms. The van der Waals surface area contributed by atoms with Crippen LogP contribution in [-0.2, 0) is 4.79 Å². The van der Waals surface area contributed by atoms with E-state index in [1.807, 2.05) is 0 Å². The molecule has 2 nitrogen and oxygen atoms in total. The van der Waals surface area contributed by atoms with E-state index in [0.29, 0.717) is 5.91 Å². The van der Waals surface area contributed by atoms with Crippen molar-refractivity contribution in [1.29, 1.82) is 0 Å². The predicted molar refractivity (Wildman–Crippen MR) is 76.3 cm³/mol. The molecule has 4 aliphatic carbocycles. The number of carbonyl (C=O) groups is 1. The van der Waals surface area contributed by atoms with Gasteiger partial charge in [0.25, 0.3) is 0 Å². The largest absolute Gasteiger partial charge is 0.356 e. The average Bonchev–Trinajstić information content (AvgIpc) is 2.36. The number of hydrogen-bond donors (Lipinski definition) is 1. The van der Waals surface area contributed by atoms with Gasteiger partial charge in [-0.2, -0.15) is 0 Å². The molecule has 2 heteroatoms. The maximum atomic E-state index is 12.6. The summed E-state index contributed by atoms with van der Waals surface area (Å²) in [5.74, 6) is 5.54. The van der Waals surface area contributed by atoms with Crippen molar-refractivity contribution in [2.45, 2.75) is 57.8 Å². The highest BCUT2D eigenvalue weighted by molar-refractivity contribution is 5.83. The van der Waals surface area contributed by atoms with Gasteiger partial charge in [-0.05, 0) is 69.1 Å². The van der Waals surface area contributed by atoms with Crippen LogP contribution in [0.4, 0.5) is 0 Å². The topological polar surface area (TPSA) is 29.1 Å². The molecular weight excluding hydrogens is 234 g/mol. The molecule has 104 valence electrons. The molecule has 4 aliphatic rings. The first-order valence-electron chi connectivity index (χ1n) is 7.93. The fourth-order valence-electron chi connectivity index (χ4n) is 5.13. The molecule has 1 N–H and O–H groups in total. The van der Waals surface area contributed by atoms with Crippen LogP contribution in [0, 0.1) is 35.5 Å². The van der Waals surface area contributed by atoms with E-state index in [0.717, 1.165) is 62.8 Å². The fraction of sp³-hybridized carbons (Fsp3) is 0.824. The number of nitrogens with one attached hydrogen (secondary N) is 1. The van der Waals surface area contributed by atoms with Crippen molar-refractivity contribution in [3.8, 4) is 12.3 Å². The Kier molecular flexibility index (Phi) is 3.56. The van der Waals surface area contributed by atoms with Crippen LogP contribution in [0.1, 0.15) is 57.8 Å². The molecular formula is C17H25NO. The van der Waals surface area contributed by atoms with Crippen molar-refractivity contribution in [3.63, 3.8) is 0 Å². The first kappa shape index (κ1) is 13.0. The van der Waals surface area contributed by atoms with E-state index in [-0.39, 0.29) is 5.41 Å². The molecule has 0 saturated heterocycles. The monoisotopic (exact) mass is 259 g/mol. The van der Waals surface area contributed by atoms with E-state index in [9.17, 15) is 4.79 Å². The van der Waals surface area contributed by atoms with E-state index < -0.39 is 0 Å². The molecule has 0 radical (unpaired) electrons. The van der Waals surface area contributed by atoms with Crippen molar-refractivity contribution in [2.24, 2.45) is 23.2 Å². The van der Waals surface area contributed by atoms with Crippen molar-refractivity contribution in [1.82, 2.24) is 5.32 Å². The number of rotatable bonds is 5. The Morgan fingerprint density at radius 1 is 1.11 bits per heavy atom. The van der Waals surface area contributed by atoms with Gasteiger partial charge in [0.2, 0.25) is 5.91 Å². The number of carbonyl (C=O) groups excluding carboxylic acids is 1. The van der Waals surface area contributed by atoms with Crippen LogP contribution in [-0.4, -0.2) is 12.5 Å². The third-order valence-electron chi connectivity index (χ3n) is 5.55. The molecule has 4 fully saturated rings. The molecule has 4 saturated carbocycles. The standard InChI is InChI=1S/C17H25NO/c1-2-3-4-5-6-18-16(19)17-10-13-7-14(11-17)9-15(8-13)12-17/h1,13-15H,3-12H2,(H,18,19). The van der Waals surface area contributed by atoms with Gasteiger partial charge in [0.1, 0.15) is 0 Å². The van der Waals surface area contributed by atoms with E-state index in [1.165, 1.54) is 19.3 Å². The smallest absolute Gasteiger partial charge is 0.226 e. The molecule has 0 aliphatic heterocycles. The zero-order chi connectivity index (χ0) is 13.3. The van der Waals surface area contributed by atoms with Gasteiger partial charge in [0, 0.05) is 18.4 Å². The quantitative estimate of drug-likeness (QED) is 0.596. The lowest BCUT2D eigenvalue weighted by Crippen LogP contribution is -2.53. The number of terminal acetylenes is 1. The second-order valence-electron chi connectivity index (χ2n) is 7.12. The molecule has 0 aromatic carbocycles. The van der Waals surface area contributed by atoms with Gasteiger partial charge < -0.3 is 5.32 Å². The van der Waals surface area contributed by atoms with Gasteiger partial charge in [-0.25, -0.2) is 0 Å². The minimum atomic E-state index is 0.0147. The highest BCUT2D eigenvalue weighted by atomic mass is 16.2. The van der Waals surface area contributed by atoms with Gasteiger partial charge in [0.05, 0.1) is 0 Å². The molecule has 4 rings (SSSR count). The second kappa shape index (κ2) is 5.19. The predicted octanol–water partition coefficient (Wildman–Crippen LogP) is 3.12. The third kappa shape index (κ3) is 2.53. The van der Waals surface area contributed by atoms with Gasteiger partial charge in [-0.15, -0.1) is 12.3 Å². The summed E-state index contributed by atoms with van der Waals surface area (Å²) in [6.07, 6.45) is 15.8. The molecule has 1 amide bonds. The molecule has 0 atom stereocenters. The van der Waals surface area contributed by atoms with Gasteiger partial charge in [-0.1, -0.05) is 0 Å². The molecule has 4 bridgehead atoms. The summed E-state index contributed by atoms with van der Waals surface area (Å²) in [5, 5.41) is 3.19. The molecule has 0 aromatic heterocycles. The van der Waals surface area contributed by atoms with Crippen LogP contribution in [0.5, 0.6) is 0 Å².